The fourth-order valence-corrected chi connectivity index (χ4v) is 2.90. The second-order valence-electron chi connectivity index (χ2n) is 6.11. The lowest BCUT2D eigenvalue weighted by molar-refractivity contribution is 0.0729. The average molecular weight is 312 g/mol. The highest BCUT2D eigenvalue weighted by Crippen LogP contribution is 2.31. The van der Waals surface area contributed by atoms with E-state index in [4.69, 9.17) is 0 Å². The van der Waals surface area contributed by atoms with Crippen LogP contribution in [0.5, 0.6) is 0 Å². The molecule has 0 aliphatic carbocycles. The molecule has 0 radical (unpaired) electrons. The van der Waals surface area contributed by atoms with Gasteiger partial charge < -0.3 is 9.88 Å². The van der Waals surface area contributed by atoms with E-state index >= 15 is 0 Å². The van der Waals surface area contributed by atoms with E-state index in [2.05, 4.69) is 15.0 Å². The zero-order chi connectivity index (χ0) is 16.4. The quantitative estimate of drug-likeness (QED) is 0.943. The van der Waals surface area contributed by atoms with Crippen LogP contribution in [0.1, 0.15) is 60.5 Å². The molecule has 0 saturated carbocycles. The fraction of sp³-hybridized carbons (Fsp3) is 0.412. The third-order valence-corrected chi connectivity index (χ3v) is 4.11. The molecular weight excluding hydrogens is 292 g/mol. The number of amides is 1. The van der Waals surface area contributed by atoms with Gasteiger partial charge in [-0.1, -0.05) is 13.8 Å². The zero-order valence-corrected chi connectivity index (χ0v) is 13.3. The summed E-state index contributed by atoms with van der Waals surface area (Å²) in [6.45, 7) is 4.66. The first kappa shape index (κ1) is 15.4. The van der Waals surface area contributed by atoms with Crippen LogP contribution >= 0.6 is 0 Å². The molecule has 0 bridgehead atoms. The molecule has 1 N–H and O–H groups in total. The Balaban J connectivity index is 1.93. The van der Waals surface area contributed by atoms with Crippen LogP contribution in [0.2, 0.25) is 0 Å². The van der Waals surface area contributed by atoms with Crippen LogP contribution in [0.3, 0.4) is 0 Å². The van der Waals surface area contributed by atoms with Crippen LogP contribution in [-0.4, -0.2) is 32.3 Å². The van der Waals surface area contributed by atoms with Crippen molar-refractivity contribution in [3.63, 3.8) is 0 Å². The topological polar surface area (TPSA) is 79.0 Å². The van der Waals surface area contributed by atoms with Crippen molar-refractivity contribution in [2.24, 2.45) is 0 Å². The molecule has 0 unspecified atom stereocenters. The van der Waals surface area contributed by atoms with E-state index in [0.29, 0.717) is 17.9 Å². The minimum atomic E-state index is -0.186. The van der Waals surface area contributed by atoms with E-state index < -0.39 is 0 Å². The number of nitrogens with one attached hydrogen (secondary N) is 1. The number of aromatic amines is 1. The minimum absolute atomic E-state index is 0.0711. The highest BCUT2D eigenvalue weighted by molar-refractivity contribution is 5.94. The van der Waals surface area contributed by atoms with Crippen molar-refractivity contribution < 1.29 is 4.79 Å². The summed E-state index contributed by atoms with van der Waals surface area (Å²) < 4.78 is 0. The molecule has 1 aliphatic rings. The van der Waals surface area contributed by atoms with Gasteiger partial charge in [-0.25, -0.2) is 4.98 Å². The van der Waals surface area contributed by atoms with E-state index in [-0.39, 0.29) is 23.4 Å². The van der Waals surface area contributed by atoms with Crippen LogP contribution in [0.25, 0.3) is 0 Å². The first-order valence-electron chi connectivity index (χ1n) is 7.88. The molecule has 1 fully saturated rings. The van der Waals surface area contributed by atoms with Gasteiger partial charge in [0, 0.05) is 25.0 Å². The molecule has 1 saturated heterocycles. The summed E-state index contributed by atoms with van der Waals surface area (Å²) in [6.07, 6.45) is 4.91. The molecule has 1 amide bonds. The predicted octanol–water partition coefficient (Wildman–Crippen LogP) is 2.27. The van der Waals surface area contributed by atoms with Gasteiger partial charge in [-0.15, -0.1) is 0 Å². The Morgan fingerprint density at radius 1 is 1.43 bits per heavy atom. The van der Waals surface area contributed by atoms with Gasteiger partial charge in [-0.3, -0.25) is 14.6 Å². The maximum Gasteiger partial charge on any atom is 0.256 e. The molecule has 3 rings (SSSR count). The zero-order valence-electron chi connectivity index (χ0n) is 13.3. The van der Waals surface area contributed by atoms with Crippen LogP contribution < -0.4 is 5.56 Å². The summed E-state index contributed by atoms with van der Waals surface area (Å²) in [6, 6.07) is 4.84. The van der Waals surface area contributed by atoms with Crippen LogP contribution in [-0.2, 0) is 0 Å². The summed E-state index contributed by atoms with van der Waals surface area (Å²) in [5, 5.41) is 0. The first-order valence-corrected chi connectivity index (χ1v) is 7.88. The predicted molar refractivity (Wildman–Crippen MR) is 86.2 cm³/mol. The Kier molecular flexibility index (Phi) is 4.23. The van der Waals surface area contributed by atoms with Crippen molar-refractivity contribution in [2.75, 3.05) is 6.54 Å². The third-order valence-electron chi connectivity index (χ3n) is 4.11. The Morgan fingerprint density at radius 2 is 2.26 bits per heavy atom. The highest BCUT2D eigenvalue weighted by atomic mass is 16.2. The normalized spacial score (nSPS) is 17.7. The number of pyridine rings is 1. The molecule has 1 atom stereocenters. The van der Waals surface area contributed by atoms with Crippen LogP contribution in [0.4, 0.5) is 0 Å². The number of H-pyrrole nitrogens is 1. The van der Waals surface area contributed by atoms with Gasteiger partial charge in [0.2, 0.25) is 0 Å². The monoisotopic (exact) mass is 312 g/mol. The van der Waals surface area contributed by atoms with Crippen molar-refractivity contribution in [3.8, 4) is 0 Å². The third kappa shape index (κ3) is 3.16. The number of hydrogen-bond donors (Lipinski definition) is 1. The van der Waals surface area contributed by atoms with Crippen molar-refractivity contribution in [1.29, 1.82) is 0 Å². The molecule has 0 spiro atoms. The Hall–Kier alpha value is -2.50. The molecule has 2 aromatic rings. The SMILES string of the molecule is CC(C)c1cc(=O)[nH]c([C@H]2CCCN2C(=O)c2cccnc2)n1. The van der Waals surface area contributed by atoms with Crippen LogP contribution in [0.15, 0.2) is 35.4 Å². The lowest BCUT2D eigenvalue weighted by atomic mass is 10.1. The Bertz CT molecular complexity index is 755. The molecule has 1 aliphatic heterocycles. The molecule has 6 nitrogen and oxygen atoms in total. The number of nitrogens with zero attached hydrogens (tertiary/aromatic N) is 3. The summed E-state index contributed by atoms with van der Waals surface area (Å²) in [7, 11) is 0. The van der Waals surface area contributed by atoms with E-state index in [0.717, 1.165) is 18.5 Å². The summed E-state index contributed by atoms with van der Waals surface area (Å²) in [5.74, 6) is 0.675. The van der Waals surface area contributed by atoms with Gasteiger partial charge >= 0.3 is 0 Å². The number of carbonyl (C=O) groups is 1. The van der Waals surface area contributed by atoms with Crippen LogP contribution in [0, 0.1) is 0 Å². The smallest absolute Gasteiger partial charge is 0.256 e. The molecular formula is C17H20N4O2. The molecule has 2 aromatic heterocycles. The van der Waals surface area contributed by atoms with Crippen molar-refractivity contribution >= 4 is 5.91 Å². The standard InChI is InChI=1S/C17H20N4O2/c1-11(2)13-9-15(22)20-16(19-13)14-6-4-8-21(14)17(23)12-5-3-7-18-10-12/h3,5,7,9-11,14H,4,6,8H2,1-2H3,(H,19,20,22)/t14-/m1/s1. The largest absolute Gasteiger partial charge is 0.328 e. The van der Waals surface area contributed by atoms with Gasteiger partial charge in [-0.2, -0.15) is 0 Å². The van der Waals surface area contributed by atoms with E-state index in [1.807, 2.05) is 13.8 Å². The van der Waals surface area contributed by atoms with Crippen molar-refractivity contribution in [3.05, 3.63) is 58.0 Å². The summed E-state index contributed by atoms with van der Waals surface area (Å²) in [5.41, 5.74) is 1.14. The molecule has 120 valence electrons. The van der Waals surface area contributed by atoms with Gasteiger partial charge in [-0.05, 0) is 30.9 Å². The number of rotatable bonds is 3. The second kappa shape index (κ2) is 6.32. The maximum atomic E-state index is 12.7. The van der Waals surface area contributed by atoms with E-state index in [9.17, 15) is 9.59 Å². The minimum Gasteiger partial charge on any atom is -0.328 e. The van der Waals surface area contributed by atoms with Gasteiger partial charge in [0.15, 0.2) is 0 Å². The number of carbonyl (C=O) groups excluding carboxylic acids is 1. The lowest BCUT2D eigenvalue weighted by Crippen LogP contribution is -2.32. The average Bonchev–Trinajstić information content (AvgIpc) is 3.04. The maximum absolute atomic E-state index is 12.7. The molecule has 3 heterocycles. The number of hydrogen-bond acceptors (Lipinski definition) is 4. The van der Waals surface area contributed by atoms with Gasteiger partial charge in [0.25, 0.3) is 11.5 Å². The Labute approximate surface area is 134 Å². The molecule has 6 heteroatoms. The fourth-order valence-electron chi connectivity index (χ4n) is 2.90. The number of likely N-dealkylation sites (tertiary alicyclic amines) is 1. The van der Waals surface area contributed by atoms with E-state index in [1.165, 1.54) is 6.07 Å². The number of aromatic nitrogens is 3. The second-order valence-corrected chi connectivity index (χ2v) is 6.11. The lowest BCUT2D eigenvalue weighted by Gasteiger charge is -2.24. The highest BCUT2D eigenvalue weighted by Gasteiger charge is 2.32. The molecule has 23 heavy (non-hydrogen) atoms. The van der Waals surface area contributed by atoms with Crippen molar-refractivity contribution in [1.82, 2.24) is 19.9 Å². The van der Waals surface area contributed by atoms with Gasteiger partial charge in [0.1, 0.15) is 5.82 Å². The summed E-state index contributed by atoms with van der Waals surface area (Å²) in [4.78, 5) is 37.8. The Morgan fingerprint density at radius 3 is 2.96 bits per heavy atom. The first-order chi connectivity index (χ1) is 11.1. The summed E-state index contributed by atoms with van der Waals surface area (Å²) >= 11 is 0. The van der Waals surface area contributed by atoms with E-state index in [1.54, 1.807) is 29.4 Å². The van der Waals surface area contributed by atoms with Gasteiger partial charge in [0.05, 0.1) is 17.3 Å². The molecule has 0 aromatic carbocycles. The van der Waals surface area contributed by atoms with Crippen molar-refractivity contribution in [2.45, 2.75) is 38.6 Å².